The van der Waals surface area contributed by atoms with E-state index in [1.165, 1.54) is 19.4 Å². The topological polar surface area (TPSA) is 53.6 Å². The smallest absolute Gasteiger partial charge is 0.189 e. The first kappa shape index (κ1) is 7.86. The molecule has 2 aliphatic rings. The fraction of sp³-hybridized carbons (Fsp3) is 0.875. The molecule has 1 fully saturated rings. The summed E-state index contributed by atoms with van der Waals surface area (Å²) in [5, 5.41) is 3.29. The third kappa shape index (κ3) is 1.27. The van der Waals surface area contributed by atoms with Gasteiger partial charge >= 0.3 is 0 Å². The average Bonchev–Trinajstić information content (AvgIpc) is 2.32. The monoisotopic (exact) mass is 168 g/mol. The van der Waals surface area contributed by atoms with Crippen molar-refractivity contribution < 1.29 is 0 Å². The van der Waals surface area contributed by atoms with Gasteiger partial charge in [-0.25, -0.2) is 0 Å². The summed E-state index contributed by atoms with van der Waals surface area (Å²) < 4.78 is 0. The van der Waals surface area contributed by atoms with Crippen LogP contribution in [-0.2, 0) is 0 Å². The molecule has 4 heteroatoms. The van der Waals surface area contributed by atoms with Gasteiger partial charge in [0.1, 0.15) is 0 Å². The lowest BCUT2D eigenvalue weighted by molar-refractivity contribution is 0.175. The van der Waals surface area contributed by atoms with E-state index in [0.717, 1.165) is 13.1 Å². The maximum Gasteiger partial charge on any atom is 0.189 e. The van der Waals surface area contributed by atoms with Gasteiger partial charge < -0.3 is 16.0 Å². The van der Waals surface area contributed by atoms with Crippen LogP contribution in [0.4, 0.5) is 0 Å². The lowest BCUT2D eigenvalue weighted by Crippen LogP contribution is -2.57. The molecule has 2 aliphatic heterocycles. The molecule has 0 saturated carbocycles. The maximum atomic E-state index is 5.61. The average molecular weight is 168 g/mol. The Bertz CT molecular complexity index is 213. The van der Waals surface area contributed by atoms with E-state index >= 15 is 0 Å². The van der Waals surface area contributed by atoms with Crippen LogP contribution in [0.1, 0.15) is 12.8 Å². The van der Waals surface area contributed by atoms with E-state index < -0.39 is 0 Å². The molecule has 0 aromatic carbocycles. The SMILES string of the molecule is CN1CCCC2(CN=C(N)N2)C1. The van der Waals surface area contributed by atoms with Crippen molar-refractivity contribution in [2.75, 3.05) is 26.7 Å². The van der Waals surface area contributed by atoms with Gasteiger partial charge in [-0.3, -0.25) is 4.99 Å². The zero-order valence-electron chi connectivity index (χ0n) is 7.51. The highest BCUT2D eigenvalue weighted by Gasteiger charge is 2.37. The molecule has 4 nitrogen and oxygen atoms in total. The summed E-state index contributed by atoms with van der Waals surface area (Å²) in [7, 11) is 2.15. The number of likely N-dealkylation sites (tertiary alicyclic amines) is 1. The summed E-state index contributed by atoms with van der Waals surface area (Å²) in [4.78, 5) is 6.54. The largest absolute Gasteiger partial charge is 0.370 e. The second kappa shape index (κ2) is 2.62. The number of aliphatic imine (C=N–C) groups is 1. The first-order chi connectivity index (χ1) is 5.70. The van der Waals surface area contributed by atoms with Crippen LogP contribution in [-0.4, -0.2) is 43.1 Å². The van der Waals surface area contributed by atoms with E-state index in [1.54, 1.807) is 0 Å². The lowest BCUT2D eigenvalue weighted by Gasteiger charge is -2.38. The summed E-state index contributed by atoms with van der Waals surface area (Å²) in [5.74, 6) is 0.616. The Morgan fingerprint density at radius 2 is 2.50 bits per heavy atom. The van der Waals surface area contributed by atoms with E-state index in [4.69, 9.17) is 5.73 Å². The number of hydrogen-bond acceptors (Lipinski definition) is 4. The van der Waals surface area contributed by atoms with Crippen molar-refractivity contribution in [2.24, 2.45) is 10.7 Å². The third-order valence-corrected chi connectivity index (χ3v) is 2.71. The Labute approximate surface area is 72.8 Å². The van der Waals surface area contributed by atoms with E-state index in [9.17, 15) is 0 Å². The molecule has 2 heterocycles. The highest BCUT2D eigenvalue weighted by molar-refractivity contribution is 5.80. The highest BCUT2D eigenvalue weighted by atomic mass is 15.3. The fourth-order valence-electron chi connectivity index (χ4n) is 2.18. The molecule has 68 valence electrons. The number of piperidine rings is 1. The van der Waals surface area contributed by atoms with Crippen LogP contribution >= 0.6 is 0 Å². The van der Waals surface area contributed by atoms with Crippen LogP contribution in [0.5, 0.6) is 0 Å². The molecular weight excluding hydrogens is 152 g/mol. The van der Waals surface area contributed by atoms with Gasteiger partial charge in [0, 0.05) is 6.54 Å². The van der Waals surface area contributed by atoms with E-state index in [2.05, 4.69) is 22.3 Å². The van der Waals surface area contributed by atoms with Gasteiger partial charge in [0.2, 0.25) is 0 Å². The molecule has 3 N–H and O–H groups in total. The first-order valence-corrected chi connectivity index (χ1v) is 4.47. The normalized spacial score (nSPS) is 36.6. The minimum atomic E-state index is 0.164. The Hall–Kier alpha value is -0.770. The molecule has 0 aromatic heterocycles. The van der Waals surface area contributed by atoms with Crippen molar-refractivity contribution in [2.45, 2.75) is 18.4 Å². The van der Waals surface area contributed by atoms with Gasteiger partial charge in [0.25, 0.3) is 0 Å². The predicted octanol–water partition coefficient (Wildman–Crippen LogP) is -0.631. The van der Waals surface area contributed by atoms with Gasteiger partial charge in [0.15, 0.2) is 5.96 Å². The Morgan fingerprint density at radius 3 is 3.08 bits per heavy atom. The summed E-state index contributed by atoms with van der Waals surface area (Å²) in [6, 6.07) is 0. The molecule has 1 saturated heterocycles. The lowest BCUT2D eigenvalue weighted by atomic mass is 9.90. The second-order valence-electron chi connectivity index (χ2n) is 3.95. The number of hydrogen-bond donors (Lipinski definition) is 2. The molecule has 0 aromatic rings. The first-order valence-electron chi connectivity index (χ1n) is 4.47. The van der Waals surface area contributed by atoms with Crippen molar-refractivity contribution in [1.29, 1.82) is 0 Å². The molecule has 1 atom stereocenters. The van der Waals surface area contributed by atoms with Crippen LogP contribution in [0, 0.1) is 0 Å². The van der Waals surface area contributed by atoms with Gasteiger partial charge in [0.05, 0.1) is 12.1 Å². The van der Waals surface area contributed by atoms with E-state index in [-0.39, 0.29) is 5.54 Å². The van der Waals surface area contributed by atoms with Crippen LogP contribution in [0.3, 0.4) is 0 Å². The van der Waals surface area contributed by atoms with Crippen molar-refractivity contribution in [3.63, 3.8) is 0 Å². The van der Waals surface area contributed by atoms with E-state index in [0.29, 0.717) is 5.96 Å². The second-order valence-corrected chi connectivity index (χ2v) is 3.95. The van der Waals surface area contributed by atoms with Crippen LogP contribution < -0.4 is 11.1 Å². The minimum absolute atomic E-state index is 0.164. The molecule has 2 rings (SSSR count). The Kier molecular flexibility index (Phi) is 1.72. The Balaban J connectivity index is 2.03. The van der Waals surface area contributed by atoms with Crippen molar-refractivity contribution >= 4 is 5.96 Å². The molecule has 0 aliphatic carbocycles. The molecule has 1 unspecified atom stereocenters. The van der Waals surface area contributed by atoms with Gasteiger partial charge in [-0.2, -0.15) is 0 Å². The van der Waals surface area contributed by atoms with Crippen molar-refractivity contribution in [1.82, 2.24) is 10.2 Å². The summed E-state index contributed by atoms with van der Waals surface area (Å²) in [5.41, 5.74) is 5.77. The molecule has 0 bridgehead atoms. The summed E-state index contributed by atoms with van der Waals surface area (Å²) >= 11 is 0. The number of rotatable bonds is 0. The molecule has 1 spiro atoms. The molecule has 12 heavy (non-hydrogen) atoms. The number of guanidine groups is 1. The zero-order chi connectivity index (χ0) is 8.60. The molecule has 0 amide bonds. The molecular formula is C8H16N4. The van der Waals surface area contributed by atoms with Crippen molar-refractivity contribution in [3.8, 4) is 0 Å². The fourth-order valence-corrected chi connectivity index (χ4v) is 2.18. The van der Waals surface area contributed by atoms with Crippen LogP contribution in [0.15, 0.2) is 4.99 Å². The van der Waals surface area contributed by atoms with Gasteiger partial charge in [-0.05, 0) is 26.4 Å². The summed E-state index contributed by atoms with van der Waals surface area (Å²) in [6.07, 6.45) is 2.44. The predicted molar refractivity (Wildman–Crippen MR) is 49.1 cm³/mol. The minimum Gasteiger partial charge on any atom is -0.370 e. The molecule has 0 radical (unpaired) electrons. The number of nitrogens with two attached hydrogens (primary N) is 1. The Morgan fingerprint density at radius 1 is 1.67 bits per heavy atom. The quantitative estimate of drug-likeness (QED) is 0.506. The van der Waals surface area contributed by atoms with Crippen LogP contribution in [0.25, 0.3) is 0 Å². The van der Waals surface area contributed by atoms with Gasteiger partial charge in [-0.1, -0.05) is 0 Å². The standard InChI is InChI=1S/C8H16N4/c1-12-4-2-3-8(6-12)5-10-7(9)11-8/h2-6H2,1H3,(H3,9,10,11). The van der Waals surface area contributed by atoms with Crippen LogP contribution in [0.2, 0.25) is 0 Å². The highest BCUT2D eigenvalue weighted by Crippen LogP contribution is 2.22. The summed E-state index contributed by atoms with van der Waals surface area (Å²) in [6.45, 7) is 3.11. The maximum absolute atomic E-state index is 5.61. The van der Waals surface area contributed by atoms with E-state index in [1.807, 2.05) is 0 Å². The number of nitrogens with zero attached hydrogens (tertiary/aromatic N) is 2. The third-order valence-electron chi connectivity index (χ3n) is 2.71. The number of likely N-dealkylation sites (N-methyl/N-ethyl adjacent to an activating group) is 1. The van der Waals surface area contributed by atoms with Crippen molar-refractivity contribution in [3.05, 3.63) is 0 Å². The zero-order valence-corrected chi connectivity index (χ0v) is 7.51. The number of nitrogens with one attached hydrogen (secondary N) is 1. The van der Waals surface area contributed by atoms with Gasteiger partial charge in [-0.15, -0.1) is 0 Å².